The maximum atomic E-state index is 5.82. The lowest BCUT2D eigenvalue weighted by atomic mass is 9.99. The van der Waals surface area contributed by atoms with Crippen molar-refractivity contribution >= 4 is 5.88 Å². The van der Waals surface area contributed by atoms with Gasteiger partial charge in [-0.2, -0.15) is 0 Å². The highest BCUT2D eigenvalue weighted by atomic mass is 16.5. The molecular weight excluding hydrogens is 214 g/mol. The Morgan fingerprint density at radius 1 is 1.41 bits per heavy atom. The van der Waals surface area contributed by atoms with E-state index in [4.69, 9.17) is 10.3 Å². The Kier molecular flexibility index (Phi) is 3.42. The fraction of sp³-hybridized carbons (Fsp3) is 0.385. The van der Waals surface area contributed by atoms with Crippen LogP contribution in [0.25, 0.3) is 11.3 Å². The van der Waals surface area contributed by atoms with Gasteiger partial charge in [0.05, 0.1) is 17.0 Å². The van der Waals surface area contributed by atoms with Gasteiger partial charge in [0.2, 0.25) is 5.88 Å². The Balaban J connectivity index is 2.36. The summed E-state index contributed by atoms with van der Waals surface area (Å²) in [5, 5.41) is 4.04. The van der Waals surface area contributed by atoms with E-state index >= 15 is 0 Å². The van der Waals surface area contributed by atoms with Crippen LogP contribution in [0.4, 0.5) is 5.88 Å². The highest BCUT2D eigenvalue weighted by Gasteiger charge is 2.17. The van der Waals surface area contributed by atoms with E-state index in [1.54, 1.807) is 6.20 Å². The van der Waals surface area contributed by atoms with Crippen LogP contribution >= 0.6 is 0 Å². The summed E-state index contributed by atoms with van der Waals surface area (Å²) in [5.41, 5.74) is 8.38. The summed E-state index contributed by atoms with van der Waals surface area (Å²) < 4.78 is 5.08. The first kappa shape index (κ1) is 11.6. The Bertz CT molecular complexity index is 479. The van der Waals surface area contributed by atoms with Crippen molar-refractivity contribution in [3.05, 3.63) is 30.1 Å². The molecule has 2 heterocycles. The van der Waals surface area contributed by atoms with E-state index in [-0.39, 0.29) is 0 Å². The van der Waals surface area contributed by atoms with Gasteiger partial charge < -0.3 is 10.3 Å². The minimum atomic E-state index is 0.349. The first-order valence-corrected chi connectivity index (χ1v) is 5.87. The number of nitrogens with two attached hydrogens (primary N) is 1. The molecule has 4 nitrogen and oxygen atoms in total. The lowest BCUT2D eigenvalue weighted by Gasteiger charge is -2.06. The molecule has 1 unspecified atom stereocenters. The van der Waals surface area contributed by atoms with Crippen LogP contribution in [0.15, 0.2) is 28.9 Å². The normalized spacial score (nSPS) is 12.6. The van der Waals surface area contributed by atoms with Crippen LogP contribution in [0.2, 0.25) is 0 Å². The molecule has 0 aliphatic rings. The van der Waals surface area contributed by atoms with Gasteiger partial charge in [0.1, 0.15) is 0 Å². The Labute approximate surface area is 101 Å². The fourth-order valence-corrected chi connectivity index (χ4v) is 1.74. The smallest absolute Gasteiger partial charge is 0.231 e. The third-order valence-electron chi connectivity index (χ3n) is 2.95. The van der Waals surface area contributed by atoms with Crippen molar-refractivity contribution in [3.63, 3.8) is 0 Å². The fourth-order valence-electron chi connectivity index (χ4n) is 1.74. The van der Waals surface area contributed by atoms with Crippen LogP contribution in [0, 0.1) is 5.92 Å². The van der Waals surface area contributed by atoms with E-state index in [1.165, 1.54) is 0 Å². The standard InChI is InChI=1S/C13H17N3O/c1-3-9(2)8-11-12(13(14)17-16-11)10-6-4-5-7-15-10/h4-7,9H,3,8,14H2,1-2H3. The van der Waals surface area contributed by atoms with Gasteiger partial charge in [-0.3, -0.25) is 4.98 Å². The van der Waals surface area contributed by atoms with Gasteiger partial charge in [0.15, 0.2) is 0 Å². The van der Waals surface area contributed by atoms with Gasteiger partial charge in [0.25, 0.3) is 0 Å². The lowest BCUT2D eigenvalue weighted by Crippen LogP contribution is -2.00. The molecule has 0 amide bonds. The predicted molar refractivity (Wildman–Crippen MR) is 67.3 cm³/mol. The average Bonchev–Trinajstić information content (AvgIpc) is 2.71. The van der Waals surface area contributed by atoms with Gasteiger partial charge in [-0.25, -0.2) is 0 Å². The molecule has 0 aliphatic carbocycles. The third-order valence-corrected chi connectivity index (χ3v) is 2.95. The van der Waals surface area contributed by atoms with Crippen molar-refractivity contribution in [1.82, 2.24) is 10.1 Å². The first-order chi connectivity index (χ1) is 8.22. The second-order valence-electron chi connectivity index (χ2n) is 4.30. The SMILES string of the molecule is CCC(C)Cc1noc(N)c1-c1ccccn1. The minimum absolute atomic E-state index is 0.349. The summed E-state index contributed by atoms with van der Waals surface area (Å²) >= 11 is 0. The monoisotopic (exact) mass is 231 g/mol. The highest BCUT2D eigenvalue weighted by molar-refractivity contribution is 5.71. The van der Waals surface area contributed by atoms with Crippen molar-refractivity contribution < 1.29 is 4.52 Å². The van der Waals surface area contributed by atoms with E-state index in [0.29, 0.717) is 11.8 Å². The molecule has 0 fully saturated rings. The largest absolute Gasteiger partial charge is 0.367 e. The summed E-state index contributed by atoms with van der Waals surface area (Å²) in [7, 11) is 0. The molecule has 0 spiro atoms. The lowest BCUT2D eigenvalue weighted by molar-refractivity contribution is 0.418. The molecule has 4 heteroatoms. The molecule has 0 saturated heterocycles. The van der Waals surface area contributed by atoms with E-state index in [1.807, 2.05) is 18.2 Å². The van der Waals surface area contributed by atoms with Gasteiger partial charge in [0, 0.05) is 6.20 Å². The second kappa shape index (κ2) is 4.99. The molecule has 0 aromatic carbocycles. The second-order valence-corrected chi connectivity index (χ2v) is 4.30. The molecule has 0 aliphatic heterocycles. The molecule has 0 saturated carbocycles. The minimum Gasteiger partial charge on any atom is -0.367 e. The van der Waals surface area contributed by atoms with Crippen LogP contribution in [0.3, 0.4) is 0 Å². The van der Waals surface area contributed by atoms with E-state index in [9.17, 15) is 0 Å². The molecule has 90 valence electrons. The molecule has 17 heavy (non-hydrogen) atoms. The maximum absolute atomic E-state index is 5.82. The first-order valence-electron chi connectivity index (χ1n) is 5.87. The van der Waals surface area contributed by atoms with Crippen molar-refractivity contribution in [2.24, 2.45) is 5.92 Å². The summed E-state index contributed by atoms with van der Waals surface area (Å²) in [5.74, 6) is 0.906. The number of nitrogens with zero attached hydrogens (tertiary/aromatic N) is 2. The van der Waals surface area contributed by atoms with Crippen molar-refractivity contribution in [2.45, 2.75) is 26.7 Å². The van der Waals surface area contributed by atoms with Crippen LogP contribution in [0.1, 0.15) is 26.0 Å². The van der Waals surface area contributed by atoms with Crippen molar-refractivity contribution in [2.75, 3.05) is 5.73 Å². The summed E-state index contributed by atoms with van der Waals surface area (Å²) in [6.45, 7) is 4.35. The zero-order valence-corrected chi connectivity index (χ0v) is 10.2. The average molecular weight is 231 g/mol. The number of pyridine rings is 1. The Morgan fingerprint density at radius 2 is 2.24 bits per heavy atom. The van der Waals surface area contributed by atoms with Crippen LogP contribution in [-0.2, 0) is 6.42 Å². The molecule has 1 atom stereocenters. The molecule has 2 rings (SSSR count). The zero-order valence-electron chi connectivity index (χ0n) is 10.2. The predicted octanol–water partition coefficient (Wildman–Crippen LogP) is 2.91. The molecule has 2 N–H and O–H groups in total. The van der Waals surface area contributed by atoms with E-state index in [2.05, 4.69) is 24.0 Å². The quantitative estimate of drug-likeness (QED) is 0.878. The molecule has 2 aromatic rings. The van der Waals surface area contributed by atoms with Gasteiger partial charge in [-0.1, -0.05) is 31.5 Å². The van der Waals surface area contributed by atoms with Crippen molar-refractivity contribution in [1.29, 1.82) is 0 Å². The maximum Gasteiger partial charge on any atom is 0.231 e. The van der Waals surface area contributed by atoms with Crippen LogP contribution in [-0.4, -0.2) is 10.1 Å². The van der Waals surface area contributed by atoms with E-state index < -0.39 is 0 Å². The molecule has 0 radical (unpaired) electrons. The Morgan fingerprint density at radius 3 is 2.88 bits per heavy atom. The number of hydrogen-bond donors (Lipinski definition) is 1. The highest BCUT2D eigenvalue weighted by Crippen LogP contribution is 2.29. The van der Waals surface area contributed by atoms with Gasteiger partial charge in [-0.15, -0.1) is 0 Å². The van der Waals surface area contributed by atoms with Crippen LogP contribution in [0.5, 0.6) is 0 Å². The molecular formula is C13H17N3O. The Hall–Kier alpha value is -1.84. The van der Waals surface area contributed by atoms with Crippen LogP contribution < -0.4 is 5.73 Å². The number of aromatic nitrogens is 2. The van der Waals surface area contributed by atoms with Crippen molar-refractivity contribution in [3.8, 4) is 11.3 Å². The number of nitrogen functional groups attached to an aromatic ring is 1. The topological polar surface area (TPSA) is 64.9 Å². The number of anilines is 1. The molecule has 0 bridgehead atoms. The zero-order chi connectivity index (χ0) is 12.3. The summed E-state index contributed by atoms with van der Waals surface area (Å²) in [4.78, 5) is 4.30. The summed E-state index contributed by atoms with van der Waals surface area (Å²) in [6, 6.07) is 5.73. The number of hydrogen-bond acceptors (Lipinski definition) is 4. The number of rotatable bonds is 4. The van der Waals surface area contributed by atoms with Gasteiger partial charge in [-0.05, 0) is 24.5 Å². The van der Waals surface area contributed by atoms with Gasteiger partial charge >= 0.3 is 0 Å². The third kappa shape index (κ3) is 2.46. The van der Waals surface area contributed by atoms with E-state index in [0.717, 1.165) is 29.8 Å². The molecule has 2 aromatic heterocycles. The summed E-state index contributed by atoms with van der Waals surface area (Å²) in [6.07, 6.45) is 3.71.